The Morgan fingerprint density at radius 2 is 2.50 bits per heavy atom. The van der Waals surface area contributed by atoms with Gasteiger partial charge in [0.1, 0.15) is 0 Å². The van der Waals surface area contributed by atoms with Gasteiger partial charge in [0.2, 0.25) is 0 Å². The molecule has 0 spiro atoms. The topological polar surface area (TPSA) is 42.1 Å². The maximum atomic E-state index is 5.44. The number of aromatic nitrogens is 1. The predicted molar refractivity (Wildman–Crippen MR) is 53.7 cm³/mol. The van der Waals surface area contributed by atoms with E-state index in [-0.39, 0.29) is 0 Å². The first-order chi connectivity index (χ1) is 5.88. The molecular formula is C8H15N3S. The Balaban J connectivity index is 2.45. The van der Waals surface area contributed by atoms with Gasteiger partial charge in [0.25, 0.3) is 0 Å². The van der Waals surface area contributed by atoms with Gasteiger partial charge in [-0.05, 0) is 19.9 Å². The minimum Gasteiger partial charge on any atom is -0.348 e. The predicted octanol–water partition coefficient (Wildman–Crippen LogP) is 1.32. The molecule has 0 fully saturated rings. The summed E-state index contributed by atoms with van der Waals surface area (Å²) in [5, 5.41) is 3.10. The van der Waals surface area contributed by atoms with Gasteiger partial charge in [-0.15, -0.1) is 11.3 Å². The van der Waals surface area contributed by atoms with Crippen molar-refractivity contribution in [2.24, 2.45) is 5.73 Å². The van der Waals surface area contributed by atoms with Gasteiger partial charge in [-0.25, -0.2) is 4.98 Å². The highest BCUT2D eigenvalue weighted by atomic mass is 32.1. The fourth-order valence-corrected chi connectivity index (χ4v) is 1.78. The van der Waals surface area contributed by atoms with E-state index < -0.39 is 0 Å². The molecular weight excluding hydrogens is 170 g/mol. The molecule has 2 N–H and O–H groups in total. The SMILES string of the molecule is CCN(CCCN)c1nccs1. The number of nitrogens with zero attached hydrogens (tertiary/aromatic N) is 2. The van der Waals surface area contributed by atoms with Crippen LogP contribution < -0.4 is 10.6 Å². The van der Waals surface area contributed by atoms with E-state index in [4.69, 9.17) is 5.73 Å². The summed E-state index contributed by atoms with van der Waals surface area (Å²) in [6, 6.07) is 0. The third-order valence-electron chi connectivity index (χ3n) is 1.70. The standard InChI is InChI=1S/C8H15N3S/c1-2-11(6-3-4-9)8-10-5-7-12-8/h5,7H,2-4,6,9H2,1H3. The van der Waals surface area contributed by atoms with Crippen molar-refractivity contribution in [2.45, 2.75) is 13.3 Å². The van der Waals surface area contributed by atoms with E-state index in [2.05, 4.69) is 16.8 Å². The van der Waals surface area contributed by atoms with E-state index in [1.807, 2.05) is 11.6 Å². The summed E-state index contributed by atoms with van der Waals surface area (Å²) in [6.07, 6.45) is 2.87. The van der Waals surface area contributed by atoms with Crippen molar-refractivity contribution in [1.82, 2.24) is 4.98 Å². The number of anilines is 1. The zero-order valence-corrected chi connectivity index (χ0v) is 8.18. The Kier molecular flexibility index (Phi) is 4.04. The lowest BCUT2D eigenvalue weighted by Crippen LogP contribution is -2.25. The van der Waals surface area contributed by atoms with Crippen molar-refractivity contribution in [2.75, 3.05) is 24.5 Å². The van der Waals surface area contributed by atoms with Crippen LogP contribution in [0.2, 0.25) is 0 Å². The van der Waals surface area contributed by atoms with Crippen LogP contribution in [0.1, 0.15) is 13.3 Å². The zero-order valence-electron chi connectivity index (χ0n) is 7.36. The summed E-state index contributed by atoms with van der Waals surface area (Å²) in [4.78, 5) is 6.49. The maximum absolute atomic E-state index is 5.44. The van der Waals surface area contributed by atoms with Crippen LogP contribution in [0.25, 0.3) is 0 Å². The van der Waals surface area contributed by atoms with E-state index in [0.717, 1.165) is 31.2 Å². The lowest BCUT2D eigenvalue weighted by atomic mass is 10.4. The van der Waals surface area contributed by atoms with E-state index in [1.165, 1.54) is 0 Å². The van der Waals surface area contributed by atoms with Gasteiger partial charge >= 0.3 is 0 Å². The molecule has 0 atom stereocenters. The minimum absolute atomic E-state index is 0.752. The van der Waals surface area contributed by atoms with E-state index in [0.29, 0.717) is 0 Å². The van der Waals surface area contributed by atoms with Gasteiger partial charge in [-0.1, -0.05) is 0 Å². The van der Waals surface area contributed by atoms with Crippen LogP contribution in [0.15, 0.2) is 11.6 Å². The van der Waals surface area contributed by atoms with Crippen LogP contribution >= 0.6 is 11.3 Å². The second-order valence-corrected chi connectivity index (χ2v) is 3.41. The summed E-state index contributed by atoms with van der Waals surface area (Å²) in [7, 11) is 0. The fourth-order valence-electron chi connectivity index (χ4n) is 1.04. The second-order valence-electron chi connectivity index (χ2n) is 2.54. The highest BCUT2D eigenvalue weighted by molar-refractivity contribution is 7.13. The molecule has 0 saturated heterocycles. The molecule has 0 aliphatic carbocycles. The Morgan fingerprint density at radius 1 is 1.67 bits per heavy atom. The van der Waals surface area contributed by atoms with E-state index >= 15 is 0 Å². The molecule has 0 bridgehead atoms. The van der Waals surface area contributed by atoms with E-state index in [9.17, 15) is 0 Å². The van der Waals surface area contributed by atoms with Crippen LogP contribution in [-0.2, 0) is 0 Å². The van der Waals surface area contributed by atoms with Gasteiger partial charge in [-0.3, -0.25) is 0 Å². The molecule has 1 heterocycles. The molecule has 1 rings (SSSR count). The molecule has 4 heteroatoms. The van der Waals surface area contributed by atoms with Crippen molar-refractivity contribution >= 4 is 16.5 Å². The summed E-state index contributed by atoms with van der Waals surface area (Å²) in [6.45, 7) is 4.91. The maximum Gasteiger partial charge on any atom is 0.185 e. The molecule has 0 amide bonds. The Morgan fingerprint density at radius 3 is 3.00 bits per heavy atom. The lowest BCUT2D eigenvalue weighted by Gasteiger charge is -2.18. The summed E-state index contributed by atoms with van der Waals surface area (Å²) in [5.41, 5.74) is 5.44. The highest BCUT2D eigenvalue weighted by Crippen LogP contribution is 2.16. The first kappa shape index (κ1) is 9.48. The molecule has 12 heavy (non-hydrogen) atoms. The average Bonchev–Trinajstić information content (AvgIpc) is 2.59. The molecule has 3 nitrogen and oxygen atoms in total. The number of rotatable bonds is 5. The van der Waals surface area contributed by atoms with Crippen molar-refractivity contribution in [3.05, 3.63) is 11.6 Å². The van der Waals surface area contributed by atoms with Gasteiger partial charge in [-0.2, -0.15) is 0 Å². The van der Waals surface area contributed by atoms with Crippen molar-refractivity contribution in [1.29, 1.82) is 0 Å². The van der Waals surface area contributed by atoms with Crippen LogP contribution in [0.5, 0.6) is 0 Å². The van der Waals surface area contributed by atoms with Crippen LogP contribution in [-0.4, -0.2) is 24.6 Å². The molecule has 0 radical (unpaired) electrons. The summed E-state index contributed by atoms with van der Waals surface area (Å²) >= 11 is 1.68. The Labute approximate surface area is 77.2 Å². The molecule has 68 valence electrons. The normalized spacial score (nSPS) is 10.2. The molecule has 0 aromatic carbocycles. The number of thiazole rings is 1. The molecule has 1 aromatic heterocycles. The van der Waals surface area contributed by atoms with Gasteiger partial charge in [0.05, 0.1) is 0 Å². The average molecular weight is 185 g/mol. The zero-order chi connectivity index (χ0) is 8.81. The third-order valence-corrected chi connectivity index (χ3v) is 2.54. The third kappa shape index (κ3) is 2.46. The number of hydrogen-bond acceptors (Lipinski definition) is 4. The first-order valence-corrected chi connectivity index (χ1v) is 5.11. The van der Waals surface area contributed by atoms with Crippen LogP contribution in [0.4, 0.5) is 5.13 Å². The van der Waals surface area contributed by atoms with Crippen LogP contribution in [0, 0.1) is 0 Å². The second kappa shape index (κ2) is 5.11. The molecule has 1 aromatic rings. The molecule has 0 aliphatic rings. The highest BCUT2D eigenvalue weighted by Gasteiger charge is 2.04. The first-order valence-electron chi connectivity index (χ1n) is 4.23. The van der Waals surface area contributed by atoms with Gasteiger partial charge < -0.3 is 10.6 Å². The fraction of sp³-hybridized carbons (Fsp3) is 0.625. The largest absolute Gasteiger partial charge is 0.348 e. The number of hydrogen-bond donors (Lipinski definition) is 1. The van der Waals surface area contributed by atoms with Gasteiger partial charge in [0, 0.05) is 24.7 Å². The van der Waals surface area contributed by atoms with Crippen LogP contribution in [0.3, 0.4) is 0 Å². The van der Waals surface area contributed by atoms with E-state index in [1.54, 1.807) is 11.3 Å². The smallest absolute Gasteiger partial charge is 0.185 e. The quantitative estimate of drug-likeness (QED) is 0.752. The summed E-state index contributed by atoms with van der Waals surface area (Å²) < 4.78 is 0. The van der Waals surface area contributed by atoms with Crippen molar-refractivity contribution in [3.63, 3.8) is 0 Å². The van der Waals surface area contributed by atoms with Crippen molar-refractivity contribution in [3.8, 4) is 0 Å². The minimum atomic E-state index is 0.752. The molecule has 0 saturated carbocycles. The Hall–Kier alpha value is -0.610. The van der Waals surface area contributed by atoms with Crippen molar-refractivity contribution < 1.29 is 0 Å². The molecule has 0 unspecified atom stereocenters. The van der Waals surface area contributed by atoms with Gasteiger partial charge in [0.15, 0.2) is 5.13 Å². The monoisotopic (exact) mass is 185 g/mol. The lowest BCUT2D eigenvalue weighted by molar-refractivity contribution is 0.752. The Bertz CT molecular complexity index is 198. The number of nitrogens with two attached hydrogens (primary N) is 1. The molecule has 0 aliphatic heterocycles. The summed E-state index contributed by atoms with van der Waals surface area (Å²) in [5.74, 6) is 0.